The van der Waals surface area contributed by atoms with Crippen molar-refractivity contribution in [3.63, 3.8) is 0 Å². The van der Waals surface area contributed by atoms with Crippen LogP contribution in [0.15, 0.2) is 65.9 Å². The van der Waals surface area contributed by atoms with Crippen LogP contribution in [0, 0.1) is 0 Å². The Morgan fingerprint density at radius 1 is 1.11 bits per heavy atom. The number of aliphatic imine (C=N–C) groups is 1. The Balaban J connectivity index is 1.35. The molecule has 6 heteroatoms. The third kappa shape index (κ3) is 4.00. The Hall–Kier alpha value is -3.15. The molecule has 6 nitrogen and oxygen atoms in total. The van der Waals surface area contributed by atoms with Crippen LogP contribution in [0.4, 0.5) is 0 Å². The van der Waals surface area contributed by atoms with Crippen molar-refractivity contribution in [1.82, 2.24) is 25.8 Å². The van der Waals surface area contributed by atoms with E-state index in [4.69, 9.17) is 0 Å². The molecule has 3 N–H and O–H groups in total. The fraction of sp³-hybridized carbons (Fsp3) is 0.286. The van der Waals surface area contributed by atoms with Crippen molar-refractivity contribution in [3.05, 3.63) is 72.1 Å². The molecule has 138 valence electrons. The highest BCUT2D eigenvalue weighted by atomic mass is 15.2. The second kappa shape index (κ2) is 7.61. The van der Waals surface area contributed by atoms with Gasteiger partial charge in [-0.3, -0.25) is 10.1 Å². The molecule has 1 aliphatic carbocycles. The van der Waals surface area contributed by atoms with Crippen molar-refractivity contribution < 1.29 is 0 Å². The van der Waals surface area contributed by atoms with E-state index in [1.807, 2.05) is 19.2 Å². The van der Waals surface area contributed by atoms with E-state index in [1.165, 1.54) is 24.7 Å². The highest BCUT2D eigenvalue weighted by Crippen LogP contribution is 2.47. The largest absolute Gasteiger partial charge is 0.356 e. The molecule has 0 radical (unpaired) electrons. The summed E-state index contributed by atoms with van der Waals surface area (Å²) in [5.41, 5.74) is 3.85. The maximum absolute atomic E-state index is 4.37. The molecule has 0 unspecified atom stereocenters. The smallest absolute Gasteiger partial charge is 0.191 e. The summed E-state index contributed by atoms with van der Waals surface area (Å²) in [7, 11) is 1.81. The summed E-state index contributed by atoms with van der Waals surface area (Å²) in [5.74, 6) is 1.60. The lowest BCUT2D eigenvalue weighted by Gasteiger charge is -2.19. The Labute approximate surface area is 159 Å². The summed E-state index contributed by atoms with van der Waals surface area (Å²) >= 11 is 0. The van der Waals surface area contributed by atoms with Crippen LogP contribution in [0.5, 0.6) is 0 Å². The maximum Gasteiger partial charge on any atom is 0.191 e. The van der Waals surface area contributed by atoms with E-state index in [9.17, 15) is 0 Å². The zero-order valence-corrected chi connectivity index (χ0v) is 15.4. The van der Waals surface area contributed by atoms with Crippen molar-refractivity contribution in [2.24, 2.45) is 4.99 Å². The van der Waals surface area contributed by atoms with Gasteiger partial charge in [0.15, 0.2) is 11.8 Å². The molecule has 1 heterocycles. The number of aromatic amines is 1. The molecular formula is C21H24N6. The molecule has 4 rings (SSSR count). The van der Waals surface area contributed by atoms with Crippen molar-refractivity contribution in [2.45, 2.75) is 24.8 Å². The molecule has 1 aliphatic rings. The molecule has 0 atom stereocenters. The van der Waals surface area contributed by atoms with E-state index >= 15 is 0 Å². The molecule has 0 spiro atoms. The molecule has 3 aromatic rings. The third-order valence-corrected chi connectivity index (χ3v) is 5.13. The van der Waals surface area contributed by atoms with Crippen LogP contribution in [0.1, 0.15) is 24.0 Å². The first-order valence-electron chi connectivity index (χ1n) is 9.24. The van der Waals surface area contributed by atoms with Gasteiger partial charge in [-0.25, -0.2) is 4.98 Å². The minimum Gasteiger partial charge on any atom is -0.356 e. The highest BCUT2D eigenvalue weighted by molar-refractivity contribution is 5.79. The maximum atomic E-state index is 4.37. The highest BCUT2D eigenvalue weighted by Gasteiger charge is 2.43. The van der Waals surface area contributed by atoms with Gasteiger partial charge in [-0.2, -0.15) is 5.10 Å². The van der Waals surface area contributed by atoms with Crippen LogP contribution in [-0.4, -0.2) is 34.7 Å². The Morgan fingerprint density at radius 3 is 2.67 bits per heavy atom. The standard InChI is InChI=1S/C21H24N6/c1-22-20(24-14-21(10-11-21)18-8-3-2-4-9-18)23-13-16-6-5-7-17(12-16)19-25-15-26-27-19/h2-9,12,15H,10-11,13-14H2,1H3,(H2,22,23,24)(H,25,26,27). The third-order valence-electron chi connectivity index (χ3n) is 5.13. The number of guanidine groups is 1. The lowest BCUT2D eigenvalue weighted by atomic mass is 9.96. The second-order valence-corrected chi connectivity index (χ2v) is 6.96. The lowest BCUT2D eigenvalue weighted by Crippen LogP contribution is -2.40. The number of aromatic nitrogens is 3. The summed E-state index contributed by atoms with van der Waals surface area (Å²) in [5, 5.41) is 13.7. The van der Waals surface area contributed by atoms with E-state index in [2.05, 4.69) is 73.3 Å². The topological polar surface area (TPSA) is 78.0 Å². The average Bonchev–Trinajstić information content (AvgIpc) is 3.32. The number of hydrogen-bond acceptors (Lipinski definition) is 3. The van der Waals surface area contributed by atoms with Gasteiger partial charge in [0.2, 0.25) is 0 Å². The van der Waals surface area contributed by atoms with Gasteiger partial charge in [0, 0.05) is 31.1 Å². The van der Waals surface area contributed by atoms with Gasteiger partial charge in [0.1, 0.15) is 6.33 Å². The summed E-state index contributed by atoms with van der Waals surface area (Å²) in [4.78, 5) is 8.57. The van der Waals surface area contributed by atoms with Gasteiger partial charge in [-0.1, -0.05) is 48.5 Å². The van der Waals surface area contributed by atoms with E-state index < -0.39 is 0 Å². The van der Waals surface area contributed by atoms with Crippen molar-refractivity contribution >= 4 is 5.96 Å². The van der Waals surface area contributed by atoms with Crippen LogP contribution >= 0.6 is 0 Å². The Kier molecular flexibility index (Phi) is 4.87. The minimum absolute atomic E-state index is 0.255. The number of benzene rings is 2. The predicted octanol–water partition coefficient (Wildman–Crippen LogP) is 2.87. The summed E-state index contributed by atoms with van der Waals surface area (Å²) in [6.07, 6.45) is 3.97. The number of rotatable bonds is 6. The van der Waals surface area contributed by atoms with Gasteiger partial charge in [-0.15, -0.1) is 0 Å². The van der Waals surface area contributed by atoms with Crippen LogP contribution in [0.2, 0.25) is 0 Å². The van der Waals surface area contributed by atoms with Gasteiger partial charge < -0.3 is 10.6 Å². The molecule has 0 amide bonds. The first kappa shape index (κ1) is 17.3. The summed E-state index contributed by atoms with van der Waals surface area (Å²) in [6.45, 7) is 1.59. The molecule has 0 aliphatic heterocycles. The normalized spacial score (nSPS) is 15.4. The van der Waals surface area contributed by atoms with Crippen LogP contribution in [0.25, 0.3) is 11.4 Å². The first-order chi connectivity index (χ1) is 13.3. The minimum atomic E-state index is 0.255. The second-order valence-electron chi connectivity index (χ2n) is 6.96. The Morgan fingerprint density at radius 2 is 1.96 bits per heavy atom. The molecule has 27 heavy (non-hydrogen) atoms. The lowest BCUT2D eigenvalue weighted by molar-refractivity contribution is 0.645. The fourth-order valence-electron chi connectivity index (χ4n) is 3.34. The molecule has 1 fully saturated rings. The predicted molar refractivity (Wildman–Crippen MR) is 107 cm³/mol. The molecule has 2 aromatic carbocycles. The summed E-state index contributed by atoms with van der Waals surface area (Å²) < 4.78 is 0. The van der Waals surface area contributed by atoms with Crippen LogP contribution in [-0.2, 0) is 12.0 Å². The monoisotopic (exact) mass is 360 g/mol. The molecular weight excluding hydrogens is 336 g/mol. The van der Waals surface area contributed by atoms with Gasteiger partial charge >= 0.3 is 0 Å². The number of nitrogens with zero attached hydrogens (tertiary/aromatic N) is 3. The van der Waals surface area contributed by atoms with Crippen molar-refractivity contribution in [3.8, 4) is 11.4 Å². The summed E-state index contributed by atoms with van der Waals surface area (Å²) in [6, 6.07) is 19.0. The molecule has 0 saturated heterocycles. The Bertz CT molecular complexity index is 897. The van der Waals surface area contributed by atoms with Crippen LogP contribution < -0.4 is 10.6 Å². The van der Waals surface area contributed by atoms with E-state index in [-0.39, 0.29) is 5.41 Å². The molecule has 1 saturated carbocycles. The van der Waals surface area contributed by atoms with Gasteiger partial charge in [0.25, 0.3) is 0 Å². The van der Waals surface area contributed by atoms with Crippen LogP contribution in [0.3, 0.4) is 0 Å². The number of nitrogens with one attached hydrogen (secondary N) is 3. The van der Waals surface area contributed by atoms with Crippen molar-refractivity contribution in [2.75, 3.05) is 13.6 Å². The zero-order valence-electron chi connectivity index (χ0n) is 15.4. The van der Waals surface area contributed by atoms with Gasteiger partial charge in [0.05, 0.1) is 0 Å². The SMILES string of the molecule is CN=C(NCc1cccc(-c2ncn[nH]2)c1)NCC1(c2ccccc2)CC1. The first-order valence-corrected chi connectivity index (χ1v) is 9.24. The van der Waals surface area contributed by atoms with E-state index in [0.29, 0.717) is 6.54 Å². The molecule has 1 aromatic heterocycles. The average molecular weight is 360 g/mol. The van der Waals surface area contributed by atoms with Gasteiger partial charge in [-0.05, 0) is 30.0 Å². The zero-order chi connectivity index (χ0) is 18.5. The quantitative estimate of drug-likeness (QED) is 0.467. The number of hydrogen-bond donors (Lipinski definition) is 3. The van der Waals surface area contributed by atoms with E-state index in [1.54, 1.807) is 0 Å². The fourth-order valence-corrected chi connectivity index (χ4v) is 3.34. The van der Waals surface area contributed by atoms with E-state index in [0.717, 1.165) is 29.5 Å². The number of H-pyrrole nitrogens is 1. The van der Waals surface area contributed by atoms with Crippen molar-refractivity contribution in [1.29, 1.82) is 0 Å². The molecule has 0 bridgehead atoms.